The Morgan fingerprint density at radius 3 is 2.71 bits per heavy atom. The lowest BCUT2D eigenvalue weighted by Crippen LogP contribution is -2.35. The second-order valence-electron chi connectivity index (χ2n) is 6.31. The Balaban J connectivity index is 1.90. The molecule has 4 nitrogen and oxygen atoms in total. The molecule has 0 amide bonds. The van der Waals surface area contributed by atoms with Gasteiger partial charge in [0.15, 0.2) is 0 Å². The van der Waals surface area contributed by atoms with Gasteiger partial charge in [-0.1, -0.05) is 33.1 Å². The third kappa shape index (κ3) is 9.46. The van der Waals surface area contributed by atoms with E-state index in [4.69, 9.17) is 9.47 Å². The number of aliphatic hydroxyl groups excluding tert-OH is 1. The molecule has 1 aliphatic carbocycles. The van der Waals surface area contributed by atoms with Gasteiger partial charge < -0.3 is 19.9 Å². The molecule has 0 heterocycles. The highest BCUT2D eigenvalue weighted by atomic mass is 16.5. The van der Waals surface area contributed by atoms with E-state index in [0.29, 0.717) is 25.2 Å². The van der Waals surface area contributed by atoms with E-state index < -0.39 is 6.10 Å². The van der Waals surface area contributed by atoms with Crippen molar-refractivity contribution >= 4 is 0 Å². The molecule has 3 unspecified atom stereocenters. The molecule has 0 aromatic heterocycles. The Hall–Kier alpha value is -0.160. The molecular weight excluding hydrogens is 266 g/mol. The van der Waals surface area contributed by atoms with Crippen molar-refractivity contribution in [3.63, 3.8) is 0 Å². The van der Waals surface area contributed by atoms with Crippen LogP contribution >= 0.6 is 0 Å². The van der Waals surface area contributed by atoms with Gasteiger partial charge >= 0.3 is 0 Å². The van der Waals surface area contributed by atoms with Crippen molar-refractivity contribution in [2.24, 2.45) is 5.92 Å². The third-order valence-corrected chi connectivity index (χ3v) is 4.20. The van der Waals surface area contributed by atoms with E-state index in [1.807, 2.05) is 0 Å². The Morgan fingerprint density at radius 2 is 1.95 bits per heavy atom. The molecule has 2 N–H and O–H groups in total. The fourth-order valence-electron chi connectivity index (χ4n) is 2.74. The first kappa shape index (κ1) is 18.9. The van der Waals surface area contributed by atoms with Crippen LogP contribution in [0.15, 0.2) is 0 Å². The van der Waals surface area contributed by atoms with Crippen molar-refractivity contribution < 1.29 is 14.6 Å². The van der Waals surface area contributed by atoms with Gasteiger partial charge in [-0.05, 0) is 38.1 Å². The molecule has 0 spiro atoms. The zero-order chi connectivity index (χ0) is 15.3. The van der Waals surface area contributed by atoms with Crippen LogP contribution in [0.4, 0.5) is 0 Å². The van der Waals surface area contributed by atoms with E-state index in [2.05, 4.69) is 19.2 Å². The van der Waals surface area contributed by atoms with E-state index in [1.165, 1.54) is 25.7 Å². The van der Waals surface area contributed by atoms with Crippen LogP contribution in [0.1, 0.15) is 58.8 Å². The van der Waals surface area contributed by atoms with Gasteiger partial charge in [0.2, 0.25) is 0 Å². The van der Waals surface area contributed by atoms with Crippen molar-refractivity contribution in [2.45, 2.75) is 71.0 Å². The van der Waals surface area contributed by atoms with Crippen LogP contribution in [0.2, 0.25) is 0 Å². The molecule has 21 heavy (non-hydrogen) atoms. The molecule has 1 fully saturated rings. The summed E-state index contributed by atoms with van der Waals surface area (Å²) in [5, 5.41) is 13.2. The van der Waals surface area contributed by atoms with E-state index >= 15 is 0 Å². The lowest BCUT2D eigenvalue weighted by molar-refractivity contribution is -0.0451. The highest BCUT2D eigenvalue weighted by Gasteiger charge is 2.22. The van der Waals surface area contributed by atoms with Gasteiger partial charge in [-0.2, -0.15) is 0 Å². The average Bonchev–Trinajstić information content (AvgIpc) is 2.49. The van der Waals surface area contributed by atoms with Crippen LogP contribution in [-0.4, -0.2) is 50.2 Å². The molecule has 3 atom stereocenters. The summed E-state index contributed by atoms with van der Waals surface area (Å²) in [4.78, 5) is 0. The monoisotopic (exact) mass is 301 g/mol. The van der Waals surface area contributed by atoms with E-state index in [0.717, 1.165) is 39.0 Å². The molecule has 0 bridgehead atoms. The highest BCUT2D eigenvalue weighted by molar-refractivity contribution is 4.73. The SMILES string of the molecule is CCCCOCCCNCC(O)COC1CCCCC1C. The quantitative estimate of drug-likeness (QED) is 0.544. The Bertz CT molecular complexity index is 238. The second kappa shape index (κ2) is 12.4. The Kier molecular flexibility index (Phi) is 11.1. The summed E-state index contributed by atoms with van der Waals surface area (Å²) < 4.78 is 11.4. The number of rotatable bonds is 12. The highest BCUT2D eigenvalue weighted by Crippen LogP contribution is 2.26. The van der Waals surface area contributed by atoms with Crippen LogP contribution in [-0.2, 0) is 9.47 Å². The molecule has 0 radical (unpaired) electrons. The molecule has 0 aromatic rings. The van der Waals surface area contributed by atoms with Crippen molar-refractivity contribution in [2.75, 3.05) is 32.9 Å². The molecule has 0 aromatic carbocycles. The van der Waals surface area contributed by atoms with Gasteiger partial charge in [0.25, 0.3) is 0 Å². The summed E-state index contributed by atoms with van der Waals surface area (Å²) in [7, 11) is 0. The summed E-state index contributed by atoms with van der Waals surface area (Å²) >= 11 is 0. The van der Waals surface area contributed by atoms with Gasteiger partial charge in [-0.25, -0.2) is 0 Å². The smallest absolute Gasteiger partial charge is 0.0897 e. The molecule has 1 saturated carbocycles. The molecular formula is C17H35NO3. The topological polar surface area (TPSA) is 50.7 Å². The number of hydrogen-bond acceptors (Lipinski definition) is 4. The number of unbranched alkanes of at least 4 members (excludes halogenated alkanes) is 1. The lowest BCUT2D eigenvalue weighted by Gasteiger charge is -2.29. The summed E-state index contributed by atoms with van der Waals surface area (Å²) in [6.07, 6.45) is 8.27. The minimum absolute atomic E-state index is 0.348. The van der Waals surface area contributed by atoms with Gasteiger partial charge in [0.05, 0.1) is 18.8 Å². The van der Waals surface area contributed by atoms with Crippen LogP contribution in [0.5, 0.6) is 0 Å². The van der Waals surface area contributed by atoms with Crippen molar-refractivity contribution in [1.29, 1.82) is 0 Å². The summed E-state index contributed by atoms with van der Waals surface area (Å²) in [6, 6.07) is 0. The second-order valence-corrected chi connectivity index (χ2v) is 6.31. The van der Waals surface area contributed by atoms with Gasteiger partial charge in [-0.15, -0.1) is 0 Å². The fourth-order valence-corrected chi connectivity index (χ4v) is 2.74. The molecule has 0 aliphatic heterocycles. The van der Waals surface area contributed by atoms with Crippen molar-refractivity contribution in [1.82, 2.24) is 5.32 Å². The van der Waals surface area contributed by atoms with Crippen LogP contribution in [0.25, 0.3) is 0 Å². The number of hydrogen-bond donors (Lipinski definition) is 2. The first-order valence-corrected chi connectivity index (χ1v) is 8.82. The van der Waals surface area contributed by atoms with Gasteiger partial charge in [0.1, 0.15) is 0 Å². The van der Waals surface area contributed by atoms with Gasteiger partial charge in [0, 0.05) is 19.8 Å². The molecule has 1 aliphatic rings. The summed E-state index contributed by atoms with van der Waals surface area (Å²) in [5.41, 5.74) is 0. The first-order chi connectivity index (χ1) is 10.2. The number of aliphatic hydroxyl groups is 1. The van der Waals surface area contributed by atoms with E-state index in [-0.39, 0.29) is 0 Å². The zero-order valence-electron chi connectivity index (χ0n) is 14.0. The largest absolute Gasteiger partial charge is 0.389 e. The average molecular weight is 301 g/mol. The maximum Gasteiger partial charge on any atom is 0.0897 e. The van der Waals surface area contributed by atoms with Crippen molar-refractivity contribution in [3.8, 4) is 0 Å². The minimum Gasteiger partial charge on any atom is -0.389 e. The standard InChI is InChI=1S/C17H35NO3/c1-3-4-11-20-12-7-10-18-13-16(19)14-21-17-9-6-5-8-15(17)2/h15-19H,3-14H2,1-2H3. The lowest BCUT2D eigenvalue weighted by atomic mass is 9.88. The van der Waals surface area contributed by atoms with Crippen molar-refractivity contribution in [3.05, 3.63) is 0 Å². The van der Waals surface area contributed by atoms with Crippen LogP contribution in [0, 0.1) is 5.92 Å². The Morgan fingerprint density at radius 1 is 1.19 bits per heavy atom. The maximum absolute atomic E-state index is 9.92. The predicted octanol–water partition coefficient (Wildman–Crippen LogP) is 2.74. The normalized spacial score (nSPS) is 24.1. The molecule has 1 rings (SSSR count). The number of nitrogens with one attached hydrogen (secondary N) is 1. The van der Waals surface area contributed by atoms with Gasteiger partial charge in [-0.3, -0.25) is 0 Å². The zero-order valence-corrected chi connectivity index (χ0v) is 14.0. The van der Waals surface area contributed by atoms with E-state index in [1.54, 1.807) is 0 Å². The first-order valence-electron chi connectivity index (χ1n) is 8.82. The molecule has 4 heteroatoms. The summed E-state index contributed by atoms with van der Waals surface area (Å²) in [5.74, 6) is 0.638. The number of ether oxygens (including phenoxy) is 2. The summed E-state index contributed by atoms with van der Waals surface area (Å²) in [6.45, 7) is 8.05. The third-order valence-electron chi connectivity index (χ3n) is 4.20. The minimum atomic E-state index is -0.403. The fraction of sp³-hybridized carbons (Fsp3) is 1.00. The molecule has 0 saturated heterocycles. The molecule has 126 valence electrons. The Labute approximate surface area is 130 Å². The van der Waals surface area contributed by atoms with E-state index in [9.17, 15) is 5.11 Å². The van der Waals surface area contributed by atoms with Crippen LogP contribution in [0.3, 0.4) is 0 Å². The maximum atomic E-state index is 9.92. The van der Waals surface area contributed by atoms with Crippen LogP contribution < -0.4 is 5.32 Å². The predicted molar refractivity (Wildman–Crippen MR) is 86.6 cm³/mol.